The van der Waals surface area contributed by atoms with Crippen molar-refractivity contribution in [3.8, 4) is 5.75 Å². The summed E-state index contributed by atoms with van der Waals surface area (Å²) in [5.41, 5.74) is -0.810. The predicted molar refractivity (Wildman–Crippen MR) is 28.7 cm³/mol. The van der Waals surface area contributed by atoms with E-state index in [0.29, 0.717) is 0 Å². The van der Waals surface area contributed by atoms with Crippen molar-refractivity contribution in [3.63, 3.8) is 0 Å². The van der Waals surface area contributed by atoms with Crippen LogP contribution < -0.4 is 5.56 Å². The molecule has 0 amide bonds. The molecular formula is C5H4FNO2. The Balaban J connectivity index is 3.34. The summed E-state index contributed by atoms with van der Waals surface area (Å²) in [6.07, 6.45) is 0. The highest BCUT2D eigenvalue weighted by atomic mass is 19.1. The number of aromatic hydroxyl groups is 1. The lowest BCUT2D eigenvalue weighted by molar-refractivity contribution is 0.459. The molecule has 0 aliphatic carbocycles. The Morgan fingerprint density at radius 3 is 2.67 bits per heavy atom. The highest BCUT2D eigenvalue weighted by Gasteiger charge is 1.94. The number of hydrogen-bond acceptors (Lipinski definition) is 2. The van der Waals surface area contributed by atoms with Crippen LogP contribution in [0.2, 0.25) is 0 Å². The lowest BCUT2D eigenvalue weighted by Gasteiger charge is -1.87. The van der Waals surface area contributed by atoms with Crippen molar-refractivity contribution in [1.82, 2.24) is 4.98 Å². The number of rotatable bonds is 0. The molecule has 0 atom stereocenters. The molecule has 0 radical (unpaired) electrons. The minimum absolute atomic E-state index is 0.476. The van der Waals surface area contributed by atoms with Crippen molar-refractivity contribution in [2.45, 2.75) is 0 Å². The minimum atomic E-state index is -0.810. The second kappa shape index (κ2) is 1.89. The molecule has 0 unspecified atom stereocenters. The van der Waals surface area contributed by atoms with Gasteiger partial charge in [-0.15, -0.1) is 0 Å². The van der Waals surface area contributed by atoms with Gasteiger partial charge in [0, 0.05) is 0 Å². The summed E-state index contributed by atoms with van der Waals surface area (Å²) in [7, 11) is 0. The third-order valence-corrected chi connectivity index (χ3v) is 0.853. The molecule has 1 rings (SSSR count). The van der Waals surface area contributed by atoms with Crippen molar-refractivity contribution in [2.75, 3.05) is 0 Å². The highest BCUT2D eigenvalue weighted by Crippen LogP contribution is 1.96. The smallest absolute Gasteiger partial charge is 0.292 e. The molecule has 0 fully saturated rings. The summed E-state index contributed by atoms with van der Waals surface area (Å²) >= 11 is 0. The van der Waals surface area contributed by atoms with Crippen LogP contribution in [0.25, 0.3) is 0 Å². The molecule has 0 saturated carbocycles. The molecule has 0 bridgehead atoms. The van der Waals surface area contributed by atoms with Gasteiger partial charge in [0.25, 0.3) is 5.56 Å². The van der Waals surface area contributed by atoms with Crippen LogP contribution in [0.4, 0.5) is 4.39 Å². The summed E-state index contributed by atoms with van der Waals surface area (Å²) in [4.78, 5) is 12.1. The van der Waals surface area contributed by atoms with E-state index in [9.17, 15) is 9.18 Å². The number of hydrogen-bond donors (Lipinski definition) is 2. The zero-order valence-corrected chi connectivity index (χ0v) is 4.39. The monoisotopic (exact) mass is 129 g/mol. The Hall–Kier alpha value is -1.32. The van der Waals surface area contributed by atoms with Crippen molar-refractivity contribution in [1.29, 1.82) is 0 Å². The lowest BCUT2D eigenvalue weighted by atomic mass is 10.4. The van der Waals surface area contributed by atoms with Crippen molar-refractivity contribution in [2.24, 2.45) is 0 Å². The number of aromatic amines is 1. The van der Waals surface area contributed by atoms with Crippen LogP contribution in [-0.4, -0.2) is 10.1 Å². The maximum atomic E-state index is 12.0. The van der Waals surface area contributed by atoms with Gasteiger partial charge < -0.3 is 5.11 Å². The topological polar surface area (TPSA) is 53.1 Å². The standard InChI is InChI=1S/C5H4FNO2/c6-4-2-1-3(8)5(9)7-4/h1-2,8H,(H,7,9). The lowest BCUT2D eigenvalue weighted by Crippen LogP contribution is -2.05. The molecule has 0 aliphatic rings. The van der Waals surface area contributed by atoms with Crippen molar-refractivity contribution >= 4 is 0 Å². The van der Waals surface area contributed by atoms with Crippen LogP contribution in [0, 0.1) is 5.95 Å². The Bertz CT molecular complexity index is 268. The summed E-state index contributed by atoms with van der Waals surface area (Å²) in [5.74, 6) is -1.23. The molecule has 0 saturated heterocycles. The molecule has 9 heavy (non-hydrogen) atoms. The molecule has 1 heterocycles. The number of nitrogens with one attached hydrogen (secondary N) is 1. The molecule has 1 aromatic rings. The normalized spacial score (nSPS) is 9.44. The summed E-state index contributed by atoms with van der Waals surface area (Å²) in [5, 5.41) is 8.53. The van der Waals surface area contributed by atoms with Gasteiger partial charge in [-0.2, -0.15) is 4.39 Å². The van der Waals surface area contributed by atoms with Gasteiger partial charge in [0.05, 0.1) is 0 Å². The fraction of sp³-hybridized carbons (Fsp3) is 0. The van der Waals surface area contributed by atoms with E-state index in [0.717, 1.165) is 12.1 Å². The average Bonchev–Trinajstić information content (AvgIpc) is 1.80. The van der Waals surface area contributed by atoms with Crippen molar-refractivity contribution < 1.29 is 9.50 Å². The molecule has 0 spiro atoms. The van der Waals surface area contributed by atoms with E-state index < -0.39 is 17.3 Å². The van der Waals surface area contributed by atoms with Crippen LogP contribution >= 0.6 is 0 Å². The fourth-order valence-corrected chi connectivity index (χ4v) is 0.442. The van der Waals surface area contributed by atoms with E-state index >= 15 is 0 Å². The quantitative estimate of drug-likeness (QED) is 0.492. The maximum Gasteiger partial charge on any atom is 0.292 e. The third kappa shape index (κ3) is 1.07. The SMILES string of the molecule is O=c1[nH]c(F)ccc1O. The molecule has 1 aromatic heterocycles. The third-order valence-electron chi connectivity index (χ3n) is 0.853. The second-order valence-electron chi connectivity index (χ2n) is 1.52. The molecule has 2 N–H and O–H groups in total. The van der Waals surface area contributed by atoms with Crippen LogP contribution in [0.3, 0.4) is 0 Å². The van der Waals surface area contributed by atoms with E-state index in [2.05, 4.69) is 0 Å². The van der Waals surface area contributed by atoms with Gasteiger partial charge >= 0.3 is 0 Å². The number of aromatic nitrogens is 1. The van der Waals surface area contributed by atoms with E-state index in [1.807, 2.05) is 0 Å². The Morgan fingerprint density at radius 1 is 1.56 bits per heavy atom. The van der Waals surface area contributed by atoms with Crippen LogP contribution in [0.15, 0.2) is 16.9 Å². The van der Waals surface area contributed by atoms with Gasteiger partial charge in [-0.3, -0.25) is 9.78 Å². The van der Waals surface area contributed by atoms with Crippen LogP contribution in [0.1, 0.15) is 0 Å². The highest BCUT2D eigenvalue weighted by molar-refractivity contribution is 5.13. The van der Waals surface area contributed by atoms with Crippen molar-refractivity contribution in [3.05, 3.63) is 28.4 Å². The molecule has 4 heteroatoms. The Kier molecular flexibility index (Phi) is 1.22. The summed E-state index contributed by atoms with van der Waals surface area (Å²) in [6, 6.07) is 1.96. The second-order valence-corrected chi connectivity index (χ2v) is 1.52. The number of halogens is 1. The molecule has 3 nitrogen and oxygen atoms in total. The van der Waals surface area contributed by atoms with E-state index in [1.54, 1.807) is 4.98 Å². The van der Waals surface area contributed by atoms with Gasteiger partial charge in [0.1, 0.15) is 0 Å². The van der Waals surface area contributed by atoms with E-state index in [-0.39, 0.29) is 0 Å². The zero-order chi connectivity index (χ0) is 6.85. The average molecular weight is 129 g/mol. The molecular weight excluding hydrogens is 125 g/mol. The first-order valence-electron chi connectivity index (χ1n) is 2.28. The van der Waals surface area contributed by atoms with Gasteiger partial charge in [0.15, 0.2) is 11.7 Å². The maximum absolute atomic E-state index is 12.0. The molecule has 0 aromatic carbocycles. The van der Waals surface area contributed by atoms with Crippen LogP contribution in [0.5, 0.6) is 5.75 Å². The zero-order valence-electron chi connectivity index (χ0n) is 4.39. The fourth-order valence-electron chi connectivity index (χ4n) is 0.442. The largest absolute Gasteiger partial charge is 0.503 e. The first-order chi connectivity index (χ1) is 4.20. The Labute approximate surface area is 49.8 Å². The molecule has 48 valence electrons. The first-order valence-corrected chi connectivity index (χ1v) is 2.28. The Morgan fingerprint density at radius 2 is 2.22 bits per heavy atom. The van der Waals surface area contributed by atoms with Gasteiger partial charge in [0.2, 0.25) is 0 Å². The number of pyridine rings is 1. The summed E-state index contributed by atoms with van der Waals surface area (Å²) < 4.78 is 12.0. The van der Waals surface area contributed by atoms with Gasteiger partial charge in [-0.1, -0.05) is 0 Å². The van der Waals surface area contributed by atoms with Crippen LogP contribution in [-0.2, 0) is 0 Å². The van der Waals surface area contributed by atoms with Gasteiger partial charge in [-0.25, -0.2) is 0 Å². The van der Waals surface area contributed by atoms with E-state index in [1.165, 1.54) is 0 Å². The summed E-state index contributed by atoms with van der Waals surface area (Å²) in [6.45, 7) is 0. The van der Waals surface area contributed by atoms with E-state index in [4.69, 9.17) is 5.11 Å². The predicted octanol–water partition coefficient (Wildman–Crippen LogP) is 0.220. The molecule has 0 aliphatic heterocycles. The van der Waals surface area contributed by atoms with Gasteiger partial charge in [-0.05, 0) is 12.1 Å². The minimum Gasteiger partial charge on any atom is -0.503 e. The number of H-pyrrole nitrogens is 1. The first kappa shape index (κ1) is 5.81.